The number of pyridine rings is 1. The minimum Gasteiger partial charge on any atom is -0.493 e. The molecule has 2 aromatic heterocycles. The van der Waals surface area contributed by atoms with Crippen LogP contribution in [0.5, 0.6) is 17.4 Å². The highest BCUT2D eigenvalue weighted by Gasteiger charge is 2.25. The van der Waals surface area contributed by atoms with Crippen LogP contribution in [0, 0.1) is 0 Å². The van der Waals surface area contributed by atoms with Gasteiger partial charge in [0.1, 0.15) is 11.4 Å². The van der Waals surface area contributed by atoms with E-state index in [0.29, 0.717) is 23.0 Å². The number of amides is 1. The predicted molar refractivity (Wildman–Crippen MR) is 148 cm³/mol. The number of hydrogen-bond donors (Lipinski definition) is 2. The molecule has 1 fully saturated rings. The average Bonchev–Trinajstić information content (AvgIpc) is 2.94. The van der Waals surface area contributed by atoms with Crippen LogP contribution in [-0.2, 0) is 0 Å². The van der Waals surface area contributed by atoms with E-state index in [4.69, 9.17) is 19.4 Å². The fourth-order valence-corrected chi connectivity index (χ4v) is 4.75. The van der Waals surface area contributed by atoms with E-state index in [9.17, 15) is 4.79 Å². The van der Waals surface area contributed by atoms with Crippen LogP contribution in [-0.4, -0.2) is 54.1 Å². The van der Waals surface area contributed by atoms with Crippen LogP contribution < -0.4 is 25.0 Å². The van der Waals surface area contributed by atoms with E-state index in [2.05, 4.69) is 15.6 Å². The van der Waals surface area contributed by atoms with Crippen LogP contribution in [0.3, 0.4) is 0 Å². The first-order valence-corrected chi connectivity index (χ1v) is 12.8. The summed E-state index contributed by atoms with van der Waals surface area (Å²) in [6.45, 7) is 0. The number of carbonyl (C=O) groups is 1. The number of benzene rings is 2. The molecule has 1 aliphatic carbocycles. The molecule has 1 aliphatic rings. The van der Waals surface area contributed by atoms with Crippen LogP contribution >= 0.6 is 0 Å². The number of carbonyl (C=O) groups excluding carboxylic acids is 1. The molecule has 2 aromatic carbocycles. The molecule has 0 spiro atoms. The number of aromatic nitrogens is 3. The van der Waals surface area contributed by atoms with Gasteiger partial charge in [0.15, 0.2) is 11.5 Å². The lowest BCUT2D eigenvalue weighted by Gasteiger charge is -2.30. The summed E-state index contributed by atoms with van der Waals surface area (Å²) in [6.07, 6.45) is 5.10. The number of ether oxygens (including phenoxy) is 2. The molecular formula is C29H32N6O3. The maximum absolute atomic E-state index is 13.2. The third-order valence-corrected chi connectivity index (χ3v) is 6.69. The standard InChI is InChI=1S/C29H32N6O3/c1-35(2)26-21-9-4-5-11-23(21)33-29(34-26)32-20-16-14-19(15-17-20)31-27(36)22-10-8-18-30-28(22)38-25-13-7-6-12-24(25)37-3/h4-13,18-20H,14-17H2,1-3H3,(H,31,36)(H,32,33,34). The van der Waals surface area contributed by atoms with Crippen LogP contribution in [0.2, 0.25) is 0 Å². The van der Waals surface area contributed by atoms with Crippen molar-refractivity contribution in [2.24, 2.45) is 0 Å². The molecule has 0 saturated heterocycles. The molecule has 2 heterocycles. The number of hydrogen-bond acceptors (Lipinski definition) is 8. The van der Waals surface area contributed by atoms with Gasteiger partial charge in [-0.25, -0.2) is 9.97 Å². The molecule has 38 heavy (non-hydrogen) atoms. The van der Waals surface area contributed by atoms with Gasteiger partial charge < -0.3 is 25.0 Å². The van der Waals surface area contributed by atoms with Crippen molar-refractivity contribution >= 4 is 28.6 Å². The Morgan fingerprint density at radius 3 is 2.37 bits per heavy atom. The van der Waals surface area contributed by atoms with Crippen molar-refractivity contribution in [3.8, 4) is 17.4 Å². The molecule has 9 nitrogen and oxygen atoms in total. The maximum Gasteiger partial charge on any atom is 0.257 e. The van der Waals surface area contributed by atoms with Gasteiger partial charge in [-0.05, 0) is 62.1 Å². The topological polar surface area (TPSA) is 102 Å². The third-order valence-electron chi connectivity index (χ3n) is 6.69. The Bertz CT molecular complexity index is 1420. The summed E-state index contributed by atoms with van der Waals surface area (Å²) in [7, 11) is 5.55. The van der Waals surface area contributed by atoms with Gasteiger partial charge in [0.05, 0.1) is 12.6 Å². The summed E-state index contributed by atoms with van der Waals surface area (Å²) < 4.78 is 11.3. The molecule has 4 aromatic rings. The van der Waals surface area contributed by atoms with Gasteiger partial charge in [-0.15, -0.1) is 0 Å². The number of fused-ring (bicyclic) bond motifs is 1. The molecule has 0 radical (unpaired) electrons. The van der Waals surface area contributed by atoms with Crippen molar-refractivity contribution in [1.29, 1.82) is 0 Å². The smallest absolute Gasteiger partial charge is 0.257 e. The Balaban J connectivity index is 1.21. The molecular weight excluding hydrogens is 480 g/mol. The van der Waals surface area contributed by atoms with Crippen molar-refractivity contribution < 1.29 is 14.3 Å². The Kier molecular flexibility index (Phi) is 7.53. The average molecular weight is 513 g/mol. The van der Waals surface area contributed by atoms with Gasteiger partial charge in [-0.3, -0.25) is 4.79 Å². The second-order valence-electron chi connectivity index (χ2n) is 9.56. The lowest BCUT2D eigenvalue weighted by atomic mass is 9.91. The number of nitrogens with one attached hydrogen (secondary N) is 2. The first-order valence-electron chi connectivity index (χ1n) is 12.8. The van der Waals surface area contributed by atoms with E-state index in [1.54, 1.807) is 37.6 Å². The number of anilines is 2. The SMILES string of the molecule is COc1ccccc1Oc1ncccc1C(=O)NC1CCC(Nc2nc(N(C)C)c3ccccc3n2)CC1. The second-order valence-corrected chi connectivity index (χ2v) is 9.56. The van der Waals surface area contributed by atoms with Gasteiger partial charge in [0.25, 0.3) is 5.91 Å². The molecule has 0 atom stereocenters. The Labute approximate surface area is 222 Å². The normalized spacial score (nSPS) is 17.0. The minimum absolute atomic E-state index is 0.0646. The van der Waals surface area contributed by atoms with Gasteiger partial charge >= 0.3 is 0 Å². The molecule has 0 unspecified atom stereocenters. The van der Waals surface area contributed by atoms with Crippen molar-refractivity contribution in [3.05, 3.63) is 72.4 Å². The third kappa shape index (κ3) is 5.61. The van der Waals surface area contributed by atoms with Gasteiger partial charge in [-0.1, -0.05) is 24.3 Å². The highest BCUT2D eigenvalue weighted by molar-refractivity contribution is 5.96. The molecule has 1 amide bonds. The highest BCUT2D eigenvalue weighted by Crippen LogP contribution is 2.32. The van der Waals surface area contributed by atoms with Crippen molar-refractivity contribution in [3.63, 3.8) is 0 Å². The fourth-order valence-electron chi connectivity index (χ4n) is 4.75. The van der Waals surface area contributed by atoms with Gasteiger partial charge in [-0.2, -0.15) is 4.98 Å². The monoisotopic (exact) mass is 512 g/mol. The molecule has 196 valence electrons. The molecule has 5 rings (SSSR count). The van der Waals surface area contributed by atoms with Gasteiger partial charge in [0.2, 0.25) is 11.8 Å². The first-order chi connectivity index (χ1) is 18.5. The van der Waals surface area contributed by atoms with E-state index >= 15 is 0 Å². The summed E-state index contributed by atoms with van der Waals surface area (Å²) in [5.74, 6) is 2.64. The van der Waals surface area contributed by atoms with E-state index < -0.39 is 0 Å². The van der Waals surface area contributed by atoms with Crippen molar-refractivity contribution in [2.45, 2.75) is 37.8 Å². The summed E-state index contributed by atoms with van der Waals surface area (Å²) in [5.41, 5.74) is 1.30. The highest BCUT2D eigenvalue weighted by atomic mass is 16.5. The minimum atomic E-state index is -0.201. The summed E-state index contributed by atoms with van der Waals surface area (Å²) in [6, 6.07) is 19.1. The van der Waals surface area contributed by atoms with E-state index in [1.807, 2.05) is 55.4 Å². The molecule has 1 saturated carbocycles. The first kappa shape index (κ1) is 25.3. The molecule has 9 heteroatoms. The van der Waals surface area contributed by atoms with Crippen LogP contribution in [0.15, 0.2) is 66.9 Å². The zero-order valence-electron chi connectivity index (χ0n) is 21.8. The lowest BCUT2D eigenvalue weighted by Crippen LogP contribution is -2.40. The zero-order chi connectivity index (χ0) is 26.5. The maximum atomic E-state index is 13.2. The van der Waals surface area contributed by atoms with E-state index in [0.717, 1.165) is 42.4 Å². The zero-order valence-corrected chi connectivity index (χ0v) is 21.8. The summed E-state index contributed by atoms with van der Waals surface area (Å²) >= 11 is 0. The lowest BCUT2D eigenvalue weighted by molar-refractivity contribution is 0.0923. The number of rotatable bonds is 8. The predicted octanol–water partition coefficient (Wildman–Crippen LogP) is 5.04. The van der Waals surface area contributed by atoms with Crippen LogP contribution in [0.25, 0.3) is 10.9 Å². The number of nitrogens with zero attached hydrogens (tertiary/aromatic N) is 4. The van der Waals surface area contributed by atoms with Crippen molar-refractivity contribution in [1.82, 2.24) is 20.3 Å². The van der Waals surface area contributed by atoms with Crippen LogP contribution in [0.4, 0.5) is 11.8 Å². The Morgan fingerprint density at radius 1 is 0.895 bits per heavy atom. The largest absolute Gasteiger partial charge is 0.493 e. The second kappa shape index (κ2) is 11.3. The summed E-state index contributed by atoms with van der Waals surface area (Å²) in [4.78, 5) is 29.0. The molecule has 0 bridgehead atoms. The molecule has 2 N–H and O–H groups in total. The fraction of sp³-hybridized carbons (Fsp3) is 0.310. The van der Waals surface area contributed by atoms with E-state index in [1.165, 1.54) is 0 Å². The Morgan fingerprint density at radius 2 is 1.61 bits per heavy atom. The quantitative estimate of drug-likeness (QED) is 0.338. The number of methoxy groups -OCH3 is 1. The van der Waals surface area contributed by atoms with Crippen molar-refractivity contribution in [2.75, 3.05) is 31.4 Å². The molecule has 0 aliphatic heterocycles. The van der Waals surface area contributed by atoms with Gasteiger partial charge in [0, 0.05) is 37.8 Å². The number of para-hydroxylation sites is 3. The van der Waals surface area contributed by atoms with Crippen LogP contribution in [0.1, 0.15) is 36.0 Å². The van der Waals surface area contributed by atoms with E-state index in [-0.39, 0.29) is 23.9 Å². The summed E-state index contributed by atoms with van der Waals surface area (Å²) in [5, 5.41) is 7.71. The Hall–Kier alpha value is -4.40.